The van der Waals surface area contributed by atoms with E-state index in [2.05, 4.69) is 13.8 Å². The summed E-state index contributed by atoms with van der Waals surface area (Å²) in [5.41, 5.74) is 0. The Hall–Kier alpha value is -0.113. The third kappa shape index (κ3) is 4.40. The Morgan fingerprint density at radius 2 is 2.00 bits per heavy atom. The van der Waals surface area contributed by atoms with Crippen LogP contribution in [0.2, 0.25) is 18.1 Å². The van der Waals surface area contributed by atoms with Gasteiger partial charge in [0.25, 0.3) is 0 Å². The van der Waals surface area contributed by atoms with Crippen LogP contribution >= 0.6 is 0 Å². The third-order valence-corrected chi connectivity index (χ3v) is 7.00. The number of carbonyl (C=O) groups is 1. The molecule has 1 aliphatic heterocycles. The van der Waals surface area contributed by atoms with Crippen molar-refractivity contribution < 1.29 is 4.79 Å². The Labute approximate surface area is 89.9 Å². The Morgan fingerprint density at radius 3 is 2.50 bits per heavy atom. The fourth-order valence-electron chi connectivity index (χ4n) is 2.46. The minimum Gasteiger partial charge on any atom is -0.303 e. The van der Waals surface area contributed by atoms with Crippen LogP contribution in [0.1, 0.15) is 39.5 Å². The molecule has 1 heterocycles. The van der Waals surface area contributed by atoms with E-state index in [0.29, 0.717) is 0 Å². The molecule has 1 nitrogen and oxygen atoms in total. The van der Waals surface area contributed by atoms with Crippen molar-refractivity contribution in [1.82, 2.24) is 0 Å². The first-order valence-electron chi connectivity index (χ1n) is 6.16. The van der Waals surface area contributed by atoms with Crippen LogP contribution in [0.3, 0.4) is 0 Å². The minimum atomic E-state index is -0.362. The number of rotatable bonds is 5. The molecular formula is C12H24OSi. The van der Waals surface area contributed by atoms with Crippen LogP contribution in [0.25, 0.3) is 0 Å². The van der Waals surface area contributed by atoms with Crippen molar-refractivity contribution in [3.8, 4) is 0 Å². The predicted molar refractivity (Wildman–Crippen MR) is 64.4 cm³/mol. The van der Waals surface area contributed by atoms with Crippen LogP contribution in [0.15, 0.2) is 0 Å². The lowest BCUT2D eigenvalue weighted by molar-refractivity contribution is -0.108. The van der Waals surface area contributed by atoms with E-state index in [1.54, 1.807) is 6.04 Å². The van der Waals surface area contributed by atoms with Crippen molar-refractivity contribution in [3.63, 3.8) is 0 Å². The van der Waals surface area contributed by atoms with E-state index in [1.807, 2.05) is 0 Å². The van der Waals surface area contributed by atoms with E-state index >= 15 is 0 Å². The number of hydrogen-bond acceptors (Lipinski definition) is 1. The fraction of sp³-hybridized carbons (Fsp3) is 0.917. The van der Waals surface area contributed by atoms with Gasteiger partial charge >= 0.3 is 0 Å². The molecule has 1 saturated heterocycles. The maximum absolute atomic E-state index is 10.4. The van der Waals surface area contributed by atoms with Crippen LogP contribution in [0.4, 0.5) is 0 Å². The highest BCUT2D eigenvalue weighted by Gasteiger charge is 2.21. The average Bonchev–Trinajstić information content (AvgIpc) is 2.17. The van der Waals surface area contributed by atoms with Gasteiger partial charge in [-0.15, -0.1) is 0 Å². The highest BCUT2D eigenvalue weighted by molar-refractivity contribution is 6.58. The Kier molecular flexibility index (Phi) is 5.45. The number of carbonyl (C=O) groups excluding carboxylic acids is 1. The summed E-state index contributed by atoms with van der Waals surface area (Å²) in [7, 11) is -0.362. The van der Waals surface area contributed by atoms with E-state index in [9.17, 15) is 4.79 Å². The van der Waals surface area contributed by atoms with Gasteiger partial charge in [-0.05, 0) is 11.8 Å². The molecule has 0 N–H and O–H groups in total. The quantitative estimate of drug-likeness (QED) is 0.505. The van der Waals surface area contributed by atoms with E-state index in [-0.39, 0.29) is 8.80 Å². The van der Waals surface area contributed by atoms with Crippen molar-refractivity contribution in [2.75, 3.05) is 0 Å². The second-order valence-corrected chi connectivity index (χ2v) is 8.72. The highest BCUT2D eigenvalue weighted by Crippen LogP contribution is 2.29. The lowest BCUT2D eigenvalue weighted by atomic mass is 10.00. The molecule has 2 heteroatoms. The standard InChI is InChI=1S/C12H24OSi/c1-11(2)4-8-14-9-5-12(3-7-13)6-10-14/h7,11-12,14H,3-6,8-10H2,1-2H3. The van der Waals surface area contributed by atoms with Crippen molar-refractivity contribution in [2.24, 2.45) is 11.8 Å². The lowest BCUT2D eigenvalue weighted by Gasteiger charge is -2.26. The molecule has 0 spiro atoms. The molecule has 14 heavy (non-hydrogen) atoms. The van der Waals surface area contributed by atoms with E-state index in [4.69, 9.17) is 0 Å². The van der Waals surface area contributed by atoms with Gasteiger partial charge in [-0.2, -0.15) is 0 Å². The second kappa shape index (κ2) is 6.39. The minimum absolute atomic E-state index is 0.362. The molecule has 1 aliphatic rings. The smallest absolute Gasteiger partial charge is 0.120 e. The molecule has 0 aromatic rings. The highest BCUT2D eigenvalue weighted by atomic mass is 28.3. The second-order valence-electron chi connectivity index (χ2n) is 5.26. The summed E-state index contributed by atoms with van der Waals surface area (Å²) in [6, 6.07) is 4.56. The molecule has 0 radical (unpaired) electrons. The van der Waals surface area contributed by atoms with Crippen LogP contribution in [-0.4, -0.2) is 15.1 Å². The molecule has 1 fully saturated rings. The summed E-state index contributed by atoms with van der Waals surface area (Å²) >= 11 is 0. The van der Waals surface area contributed by atoms with Gasteiger partial charge in [0.1, 0.15) is 6.29 Å². The fourth-order valence-corrected chi connectivity index (χ4v) is 6.35. The zero-order chi connectivity index (χ0) is 10.4. The number of aldehydes is 1. The van der Waals surface area contributed by atoms with Crippen LogP contribution in [-0.2, 0) is 4.79 Å². The van der Waals surface area contributed by atoms with Crippen molar-refractivity contribution in [3.05, 3.63) is 0 Å². The summed E-state index contributed by atoms with van der Waals surface area (Å²) in [5.74, 6) is 1.63. The largest absolute Gasteiger partial charge is 0.303 e. The molecule has 82 valence electrons. The predicted octanol–water partition coefficient (Wildman–Crippen LogP) is 3.26. The molecule has 0 aromatic carbocycles. The van der Waals surface area contributed by atoms with Crippen molar-refractivity contribution in [1.29, 1.82) is 0 Å². The topological polar surface area (TPSA) is 17.1 Å². The summed E-state index contributed by atoms with van der Waals surface area (Å²) < 4.78 is 0. The molecular weight excluding hydrogens is 188 g/mol. The summed E-state index contributed by atoms with van der Waals surface area (Å²) in [6.07, 6.45) is 6.09. The van der Waals surface area contributed by atoms with Gasteiger partial charge in [0.2, 0.25) is 0 Å². The molecule has 1 rings (SSSR count). The van der Waals surface area contributed by atoms with Gasteiger partial charge in [0.05, 0.1) is 0 Å². The van der Waals surface area contributed by atoms with Crippen LogP contribution < -0.4 is 0 Å². The van der Waals surface area contributed by atoms with Crippen LogP contribution in [0, 0.1) is 11.8 Å². The third-order valence-electron chi connectivity index (χ3n) is 3.55. The van der Waals surface area contributed by atoms with E-state index in [1.165, 1.54) is 31.4 Å². The maximum Gasteiger partial charge on any atom is 0.120 e. The average molecular weight is 212 g/mol. The molecule has 0 aliphatic carbocycles. The van der Waals surface area contributed by atoms with Gasteiger partial charge in [-0.1, -0.05) is 51.2 Å². The molecule has 0 bridgehead atoms. The van der Waals surface area contributed by atoms with Gasteiger partial charge in [0.15, 0.2) is 0 Å². The molecule has 0 aromatic heterocycles. The Balaban J connectivity index is 2.12. The summed E-state index contributed by atoms with van der Waals surface area (Å²) in [4.78, 5) is 10.4. The normalized spacial score (nSPS) is 27.9. The van der Waals surface area contributed by atoms with Gasteiger partial charge in [0, 0.05) is 15.2 Å². The van der Waals surface area contributed by atoms with Gasteiger partial charge < -0.3 is 4.79 Å². The van der Waals surface area contributed by atoms with Crippen LogP contribution in [0.5, 0.6) is 0 Å². The Morgan fingerprint density at radius 1 is 1.36 bits per heavy atom. The summed E-state index contributed by atoms with van der Waals surface area (Å²) in [6.45, 7) is 4.65. The molecule has 0 amide bonds. The first-order valence-corrected chi connectivity index (χ1v) is 8.61. The van der Waals surface area contributed by atoms with Gasteiger partial charge in [-0.25, -0.2) is 0 Å². The van der Waals surface area contributed by atoms with E-state index < -0.39 is 0 Å². The Bertz CT molecular complexity index is 160. The summed E-state index contributed by atoms with van der Waals surface area (Å²) in [5, 5.41) is 0. The first kappa shape index (κ1) is 12.0. The monoisotopic (exact) mass is 212 g/mol. The number of hydrogen-bond donors (Lipinski definition) is 0. The molecule has 0 saturated carbocycles. The molecule has 0 atom stereocenters. The maximum atomic E-state index is 10.4. The van der Waals surface area contributed by atoms with Gasteiger partial charge in [-0.3, -0.25) is 0 Å². The van der Waals surface area contributed by atoms with Crippen molar-refractivity contribution in [2.45, 2.75) is 57.7 Å². The van der Waals surface area contributed by atoms with E-state index in [0.717, 1.165) is 24.5 Å². The zero-order valence-electron chi connectivity index (χ0n) is 9.67. The van der Waals surface area contributed by atoms with Crippen molar-refractivity contribution >= 4 is 15.1 Å². The zero-order valence-corrected chi connectivity index (χ0v) is 10.8. The lowest BCUT2D eigenvalue weighted by Crippen LogP contribution is -2.21. The molecule has 0 unspecified atom stereocenters. The SMILES string of the molecule is CC(C)CC[SiH]1CCC(CC=O)CC1. The first-order chi connectivity index (χ1) is 6.72.